The highest BCUT2D eigenvalue weighted by Gasteiger charge is 2.16. The number of rotatable bonds is 4. The Kier molecular flexibility index (Phi) is 4.21. The van der Waals surface area contributed by atoms with E-state index in [1.807, 2.05) is 12.4 Å². The molecule has 0 radical (unpaired) electrons. The Hall–Kier alpha value is -1.04. The summed E-state index contributed by atoms with van der Waals surface area (Å²) in [6.07, 6.45) is 5.49. The van der Waals surface area contributed by atoms with E-state index < -0.39 is 0 Å². The van der Waals surface area contributed by atoms with Crippen LogP contribution in [0.2, 0.25) is 0 Å². The van der Waals surface area contributed by atoms with Gasteiger partial charge in [-0.3, -0.25) is 0 Å². The van der Waals surface area contributed by atoms with Gasteiger partial charge in [-0.15, -0.1) is 0 Å². The molecule has 0 spiro atoms. The van der Waals surface area contributed by atoms with Crippen LogP contribution in [0.5, 0.6) is 0 Å². The molecule has 1 aliphatic rings. The molecule has 88 valence electrons. The second kappa shape index (κ2) is 5.89. The molecule has 0 saturated carbocycles. The molecule has 0 aliphatic carbocycles. The van der Waals surface area contributed by atoms with E-state index in [1.54, 1.807) is 6.33 Å². The maximum atomic E-state index is 5.65. The van der Waals surface area contributed by atoms with Gasteiger partial charge in [0.25, 0.3) is 0 Å². The molecule has 1 atom stereocenters. The van der Waals surface area contributed by atoms with Gasteiger partial charge < -0.3 is 15.0 Å². The zero-order valence-electron chi connectivity index (χ0n) is 9.59. The molecule has 16 heavy (non-hydrogen) atoms. The van der Waals surface area contributed by atoms with Crippen molar-refractivity contribution in [2.75, 3.05) is 33.3 Å². The second-order valence-corrected chi connectivity index (χ2v) is 4.13. The van der Waals surface area contributed by atoms with Gasteiger partial charge in [0, 0.05) is 44.1 Å². The molecule has 0 amide bonds. The van der Waals surface area contributed by atoms with Crippen LogP contribution in [0.25, 0.3) is 0 Å². The lowest BCUT2D eigenvalue weighted by atomic mass is 10.2. The van der Waals surface area contributed by atoms with Crippen LogP contribution in [0.4, 0.5) is 0 Å². The van der Waals surface area contributed by atoms with Gasteiger partial charge in [0.05, 0.1) is 12.7 Å². The highest BCUT2D eigenvalue weighted by atomic mass is 16.5. The van der Waals surface area contributed by atoms with Crippen LogP contribution in [0.3, 0.4) is 0 Å². The van der Waals surface area contributed by atoms with Crippen molar-refractivity contribution >= 4 is 0 Å². The lowest BCUT2D eigenvalue weighted by Crippen LogP contribution is -2.44. The quantitative estimate of drug-likeness (QED) is 0.771. The number of hydrogen-bond donors (Lipinski definition) is 1. The molecule has 1 unspecified atom stereocenters. The molecular weight excluding hydrogens is 204 g/mol. The van der Waals surface area contributed by atoms with Gasteiger partial charge in [-0.2, -0.15) is 0 Å². The summed E-state index contributed by atoms with van der Waals surface area (Å²) in [6.45, 7) is 4.53. The summed E-state index contributed by atoms with van der Waals surface area (Å²) in [5.41, 5.74) is 1.10. The Morgan fingerprint density at radius 3 is 3.06 bits per heavy atom. The fourth-order valence-corrected chi connectivity index (χ4v) is 1.79. The third-order valence-electron chi connectivity index (χ3n) is 2.66. The summed E-state index contributed by atoms with van der Waals surface area (Å²) in [5, 5.41) is 3.36. The number of nitrogens with one attached hydrogen (secondary N) is 1. The fourth-order valence-electron chi connectivity index (χ4n) is 1.79. The van der Waals surface area contributed by atoms with E-state index in [-0.39, 0.29) is 0 Å². The van der Waals surface area contributed by atoms with Crippen LogP contribution in [-0.2, 0) is 11.3 Å². The fraction of sp³-hybridized carbons (Fsp3) is 0.636. The Morgan fingerprint density at radius 2 is 2.31 bits per heavy atom. The topological polar surface area (TPSA) is 50.3 Å². The minimum Gasteiger partial charge on any atom is -0.374 e. The average molecular weight is 222 g/mol. The first-order valence-corrected chi connectivity index (χ1v) is 5.59. The first-order valence-electron chi connectivity index (χ1n) is 5.59. The number of nitrogens with zero attached hydrogens (tertiary/aromatic N) is 3. The van der Waals surface area contributed by atoms with E-state index in [4.69, 9.17) is 4.74 Å². The third-order valence-corrected chi connectivity index (χ3v) is 2.66. The Balaban J connectivity index is 1.68. The molecule has 5 heteroatoms. The molecule has 2 rings (SSSR count). The van der Waals surface area contributed by atoms with Crippen molar-refractivity contribution in [2.24, 2.45) is 0 Å². The van der Waals surface area contributed by atoms with E-state index in [0.717, 1.165) is 38.3 Å². The van der Waals surface area contributed by atoms with Crippen LogP contribution in [-0.4, -0.2) is 54.3 Å². The van der Waals surface area contributed by atoms with Crippen molar-refractivity contribution in [3.8, 4) is 0 Å². The summed E-state index contributed by atoms with van der Waals surface area (Å²) in [7, 11) is 2.13. The lowest BCUT2D eigenvalue weighted by molar-refractivity contribution is -0.0182. The molecule has 0 bridgehead atoms. The number of morpholine rings is 1. The first kappa shape index (κ1) is 11.4. The molecule has 1 saturated heterocycles. The molecular formula is C11H18N4O. The van der Waals surface area contributed by atoms with Gasteiger partial charge in [-0.1, -0.05) is 0 Å². The van der Waals surface area contributed by atoms with Crippen molar-refractivity contribution in [1.29, 1.82) is 0 Å². The van der Waals surface area contributed by atoms with Crippen molar-refractivity contribution in [1.82, 2.24) is 20.2 Å². The summed E-state index contributed by atoms with van der Waals surface area (Å²) < 4.78 is 5.65. The first-order chi connectivity index (χ1) is 7.84. The maximum absolute atomic E-state index is 5.65. The van der Waals surface area contributed by atoms with Crippen molar-refractivity contribution in [2.45, 2.75) is 12.6 Å². The standard InChI is InChI=1S/C11H18N4O/c1-15-2-3-16-11(8-15)7-12-4-10-5-13-9-14-6-10/h5-6,9,11-12H,2-4,7-8H2,1H3. The summed E-state index contributed by atoms with van der Waals surface area (Å²) in [5.74, 6) is 0. The highest BCUT2D eigenvalue weighted by molar-refractivity contribution is 5.01. The smallest absolute Gasteiger partial charge is 0.115 e. The number of ether oxygens (including phenoxy) is 1. The Labute approximate surface area is 95.8 Å². The van der Waals surface area contributed by atoms with Crippen LogP contribution in [0.1, 0.15) is 5.56 Å². The van der Waals surface area contributed by atoms with E-state index in [2.05, 4.69) is 27.2 Å². The minimum atomic E-state index is 0.295. The molecule has 1 fully saturated rings. The number of hydrogen-bond acceptors (Lipinski definition) is 5. The van der Waals surface area contributed by atoms with Gasteiger partial charge in [0.2, 0.25) is 0 Å². The van der Waals surface area contributed by atoms with Gasteiger partial charge in [-0.05, 0) is 7.05 Å². The van der Waals surface area contributed by atoms with Gasteiger partial charge in [-0.25, -0.2) is 9.97 Å². The summed E-state index contributed by atoms with van der Waals surface area (Å²) in [6, 6.07) is 0. The van der Waals surface area contributed by atoms with Crippen LogP contribution in [0.15, 0.2) is 18.7 Å². The monoisotopic (exact) mass is 222 g/mol. The normalized spacial score (nSPS) is 22.2. The zero-order chi connectivity index (χ0) is 11.2. The SMILES string of the molecule is CN1CCOC(CNCc2cncnc2)C1. The molecule has 5 nitrogen and oxygen atoms in total. The maximum Gasteiger partial charge on any atom is 0.115 e. The number of aromatic nitrogens is 2. The zero-order valence-corrected chi connectivity index (χ0v) is 9.59. The molecule has 1 aliphatic heterocycles. The van der Waals surface area contributed by atoms with E-state index >= 15 is 0 Å². The molecule has 1 N–H and O–H groups in total. The molecule has 1 aromatic rings. The predicted octanol–water partition coefficient (Wildman–Crippen LogP) is -0.103. The third kappa shape index (κ3) is 3.52. The Bertz CT molecular complexity index is 306. The average Bonchev–Trinajstić information content (AvgIpc) is 2.30. The van der Waals surface area contributed by atoms with Gasteiger partial charge >= 0.3 is 0 Å². The Morgan fingerprint density at radius 1 is 1.50 bits per heavy atom. The van der Waals surface area contributed by atoms with Crippen molar-refractivity contribution in [3.05, 3.63) is 24.3 Å². The summed E-state index contributed by atoms with van der Waals surface area (Å²) >= 11 is 0. The molecule has 2 heterocycles. The van der Waals surface area contributed by atoms with Crippen LogP contribution in [0, 0.1) is 0 Å². The van der Waals surface area contributed by atoms with Crippen molar-refractivity contribution < 1.29 is 4.74 Å². The van der Waals surface area contributed by atoms with Crippen LogP contribution >= 0.6 is 0 Å². The van der Waals surface area contributed by atoms with E-state index in [9.17, 15) is 0 Å². The molecule has 1 aromatic heterocycles. The lowest BCUT2D eigenvalue weighted by Gasteiger charge is -2.30. The van der Waals surface area contributed by atoms with Gasteiger partial charge in [0.1, 0.15) is 6.33 Å². The minimum absolute atomic E-state index is 0.295. The largest absolute Gasteiger partial charge is 0.374 e. The number of likely N-dealkylation sites (N-methyl/N-ethyl adjacent to an activating group) is 1. The van der Waals surface area contributed by atoms with Crippen molar-refractivity contribution in [3.63, 3.8) is 0 Å². The van der Waals surface area contributed by atoms with Gasteiger partial charge in [0.15, 0.2) is 0 Å². The molecule has 0 aromatic carbocycles. The van der Waals surface area contributed by atoms with E-state index in [0.29, 0.717) is 6.10 Å². The highest BCUT2D eigenvalue weighted by Crippen LogP contribution is 2.02. The second-order valence-electron chi connectivity index (χ2n) is 4.13. The predicted molar refractivity (Wildman–Crippen MR) is 61.0 cm³/mol. The van der Waals surface area contributed by atoms with Crippen LogP contribution < -0.4 is 5.32 Å². The summed E-state index contributed by atoms with van der Waals surface area (Å²) in [4.78, 5) is 10.2. The van der Waals surface area contributed by atoms with E-state index in [1.165, 1.54) is 0 Å².